The third-order valence-electron chi connectivity index (χ3n) is 4.38. The molecule has 3 aromatic rings. The molecule has 8 nitrogen and oxygen atoms in total. The molecular formula is C17H20N8. The largest absolute Gasteiger partial charge is 0.368 e. The number of piperidine rings is 1. The maximum absolute atomic E-state index is 5.57. The van der Waals surface area contributed by atoms with Crippen molar-refractivity contribution in [3.05, 3.63) is 30.9 Å². The molecule has 0 spiro atoms. The second-order valence-corrected chi connectivity index (χ2v) is 6.20. The minimum Gasteiger partial charge on any atom is -0.368 e. The molecule has 3 aromatic heterocycles. The van der Waals surface area contributed by atoms with Gasteiger partial charge < -0.3 is 16.4 Å². The Morgan fingerprint density at radius 1 is 1.16 bits per heavy atom. The van der Waals surface area contributed by atoms with Crippen molar-refractivity contribution in [3.63, 3.8) is 0 Å². The lowest BCUT2D eigenvalue weighted by atomic mass is 10.00. The van der Waals surface area contributed by atoms with Crippen molar-refractivity contribution in [1.29, 1.82) is 0 Å². The molecule has 0 bridgehead atoms. The van der Waals surface area contributed by atoms with Crippen LogP contribution >= 0.6 is 0 Å². The van der Waals surface area contributed by atoms with E-state index in [4.69, 9.17) is 10.7 Å². The minimum absolute atomic E-state index is 0.243. The van der Waals surface area contributed by atoms with Crippen LogP contribution < -0.4 is 16.4 Å². The fourth-order valence-electron chi connectivity index (χ4n) is 3.05. The summed E-state index contributed by atoms with van der Waals surface area (Å²) >= 11 is 0. The summed E-state index contributed by atoms with van der Waals surface area (Å²) in [6.45, 7) is 2.99. The third-order valence-corrected chi connectivity index (χ3v) is 4.38. The number of rotatable bonds is 4. The molecular weight excluding hydrogens is 316 g/mol. The van der Waals surface area contributed by atoms with Gasteiger partial charge in [-0.1, -0.05) is 0 Å². The van der Waals surface area contributed by atoms with Gasteiger partial charge in [-0.25, -0.2) is 19.9 Å². The zero-order valence-corrected chi connectivity index (χ0v) is 13.8. The van der Waals surface area contributed by atoms with E-state index < -0.39 is 0 Å². The summed E-state index contributed by atoms with van der Waals surface area (Å²) in [7, 11) is 0. The van der Waals surface area contributed by atoms with Gasteiger partial charge in [-0.05, 0) is 37.9 Å². The highest BCUT2D eigenvalue weighted by Crippen LogP contribution is 2.25. The molecule has 4 rings (SSSR count). The normalized spacial score (nSPS) is 17.5. The van der Waals surface area contributed by atoms with Crippen molar-refractivity contribution >= 4 is 22.8 Å². The topological polar surface area (TPSA) is 115 Å². The van der Waals surface area contributed by atoms with Gasteiger partial charge in [0.05, 0.1) is 11.2 Å². The van der Waals surface area contributed by atoms with E-state index in [9.17, 15) is 0 Å². The van der Waals surface area contributed by atoms with Crippen LogP contribution in [0.1, 0.15) is 12.8 Å². The number of nitrogens with one attached hydrogen (secondary N) is 2. The fraction of sp³-hybridized carbons (Fsp3) is 0.353. The van der Waals surface area contributed by atoms with Gasteiger partial charge >= 0.3 is 0 Å². The van der Waals surface area contributed by atoms with Gasteiger partial charge in [-0.3, -0.25) is 4.98 Å². The second kappa shape index (κ2) is 6.94. The second-order valence-electron chi connectivity index (χ2n) is 6.20. The highest BCUT2D eigenvalue weighted by atomic mass is 15.0. The maximum atomic E-state index is 5.57. The van der Waals surface area contributed by atoms with Crippen LogP contribution in [0.2, 0.25) is 0 Å². The van der Waals surface area contributed by atoms with E-state index in [0.29, 0.717) is 5.92 Å². The lowest BCUT2D eigenvalue weighted by molar-refractivity contribution is 0.392. The molecule has 0 radical (unpaired) electrons. The molecule has 0 unspecified atom stereocenters. The Morgan fingerprint density at radius 3 is 2.80 bits per heavy atom. The van der Waals surface area contributed by atoms with E-state index in [1.54, 1.807) is 24.8 Å². The molecule has 128 valence electrons. The smallest absolute Gasteiger partial charge is 0.219 e. The Bertz CT molecular complexity index is 858. The molecule has 0 amide bonds. The first kappa shape index (κ1) is 15.6. The van der Waals surface area contributed by atoms with Crippen LogP contribution in [0.3, 0.4) is 0 Å². The number of nitrogens with two attached hydrogens (primary N) is 1. The molecule has 1 fully saturated rings. The summed E-state index contributed by atoms with van der Waals surface area (Å²) in [6.07, 6.45) is 9.13. The standard InChI is InChI=1S/C17H20N8/c18-17-23-9-12(10-24-17)13-6-14-15(21-5-4-20-14)16(25-13)22-8-11-2-1-3-19-7-11/h4-6,9-11,19H,1-3,7-8H2,(H,22,25)(H2,18,23,24)/t11-/m0/s1. The molecule has 1 aliphatic heterocycles. The summed E-state index contributed by atoms with van der Waals surface area (Å²) in [5.41, 5.74) is 8.67. The molecule has 0 aliphatic carbocycles. The van der Waals surface area contributed by atoms with Crippen molar-refractivity contribution in [2.24, 2.45) is 5.92 Å². The zero-order valence-electron chi connectivity index (χ0n) is 13.8. The van der Waals surface area contributed by atoms with Crippen molar-refractivity contribution in [2.75, 3.05) is 30.7 Å². The first-order valence-electron chi connectivity index (χ1n) is 8.44. The van der Waals surface area contributed by atoms with Gasteiger partial charge in [0.25, 0.3) is 0 Å². The summed E-state index contributed by atoms with van der Waals surface area (Å²) in [5.74, 6) is 1.57. The number of hydrogen-bond acceptors (Lipinski definition) is 8. The van der Waals surface area contributed by atoms with E-state index in [1.807, 2.05) is 6.07 Å². The zero-order chi connectivity index (χ0) is 17.1. The Labute approximate surface area is 145 Å². The average molecular weight is 336 g/mol. The van der Waals surface area contributed by atoms with Gasteiger partial charge in [0.15, 0.2) is 5.82 Å². The SMILES string of the molecule is Nc1ncc(-c2cc3nccnc3c(NC[C@H]3CCCNC3)n2)cn1. The van der Waals surface area contributed by atoms with Crippen molar-refractivity contribution < 1.29 is 0 Å². The quantitative estimate of drug-likeness (QED) is 0.656. The van der Waals surface area contributed by atoms with Crippen molar-refractivity contribution in [3.8, 4) is 11.3 Å². The predicted molar refractivity (Wildman–Crippen MR) is 96.9 cm³/mol. The van der Waals surface area contributed by atoms with Gasteiger partial charge in [-0.2, -0.15) is 0 Å². The Kier molecular flexibility index (Phi) is 4.34. The Balaban J connectivity index is 1.67. The molecule has 25 heavy (non-hydrogen) atoms. The highest BCUT2D eigenvalue weighted by molar-refractivity contribution is 5.88. The van der Waals surface area contributed by atoms with Crippen LogP contribution in [0.25, 0.3) is 22.3 Å². The van der Waals surface area contributed by atoms with E-state index >= 15 is 0 Å². The number of aromatic nitrogens is 5. The summed E-state index contributed by atoms with van der Waals surface area (Å²) in [4.78, 5) is 21.7. The van der Waals surface area contributed by atoms with Crippen LogP contribution in [0.15, 0.2) is 30.9 Å². The third kappa shape index (κ3) is 3.48. The first-order valence-corrected chi connectivity index (χ1v) is 8.44. The number of hydrogen-bond donors (Lipinski definition) is 3. The fourth-order valence-corrected chi connectivity index (χ4v) is 3.05. The number of anilines is 2. The average Bonchev–Trinajstić information content (AvgIpc) is 2.67. The van der Waals surface area contributed by atoms with Gasteiger partial charge in [0.2, 0.25) is 5.95 Å². The van der Waals surface area contributed by atoms with Crippen LogP contribution in [-0.2, 0) is 0 Å². The molecule has 4 heterocycles. The van der Waals surface area contributed by atoms with Crippen LogP contribution in [0.4, 0.5) is 11.8 Å². The molecule has 1 aliphatic rings. The lowest BCUT2D eigenvalue weighted by Gasteiger charge is -2.23. The monoisotopic (exact) mass is 336 g/mol. The van der Waals surface area contributed by atoms with Gasteiger partial charge in [0.1, 0.15) is 5.52 Å². The number of fused-ring (bicyclic) bond motifs is 1. The highest BCUT2D eigenvalue weighted by Gasteiger charge is 2.15. The van der Waals surface area contributed by atoms with E-state index in [2.05, 4.69) is 30.6 Å². The molecule has 4 N–H and O–H groups in total. The summed E-state index contributed by atoms with van der Waals surface area (Å²) < 4.78 is 0. The molecule has 8 heteroatoms. The maximum Gasteiger partial charge on any atom is 0.219 e. The molecule has 0 saturated carbocycles. The van der Waals surface area contributed by atoms with Crippen LogP contribution in [-0.4, -0.2) is 44.6 Å². The summed E-state index contributed by atoms with van der Waals surface area (Å²) in [5, 5.41) is 6.89. The van der Waals surface area contributed by atoms with Crippen LogP contribution in [0.5, 0.6) is 0 Å². The number of nitrogen functional groups attached to an aromatic ring is 1. The molecule has 1 saturated heterocycles. The minimum atomic E-state index is 0.243. The first-order chi connectivity index (χ1) is 12.3. The lowest BCUT2D eigenvalue weighted by Crippen LogP contribution is -2.33. The van der Waals surface area contributed by atoms with Gasteiger partial charge in [0, 0.05) is 36.9 Å². The van der Waals surface area contributed by atoms with E-state index in [0.717, 1.165) is 47.7 Å². The van der Waals surface area contributed by atoms with E-state index in [-0.39, 0.29) is 5.95 Å². The Morgan fingerprint density at radius 2 is 2.00 bits per heavy atom. The molecule has 1 atom stereocenters. The number of pyridine rings is 1. The van der Waals surface area contributed by atoms with Gasteiger partial charge in [-0.15, -0.1) is 0 Å². The van der Waals surface area contributed by atoms with Crippen molar-refractivity contribution in [2.45, 2.75) is 12.8 Å². The van der Waals surface area contributed by atoms with Crippen LogP contribution in [0, 0.1) is 5.92 Å². The van der Waals surface area contributed by atoms with Crippen molar-refractivity contribution in [1.82, 2.24) is 30.2 Å². The predicted octanol–water partition coefficient (Wildman–Crippen LogP) is 1.48. The van der Waals surface area contributed by atoms with E-state index in [1.165, 1.54) is 12.8 Å². The summed E-state index contributed by atoms with van der Waals surface area (Å²) in [6, 6.07) is 1.89. The molecule has 0 aromatic carbocycles. The number of nitrogens with zero attached hydrogens (tertiary/aromatic N) is 5. The Hall–Kier alpha value is -2.87.